The van der Waals surface area contributed by atoms with Crippen molar-refractivity contribution in [2.75, 3.05) is 15.1 Å². The third-order valence-electron chi connectivity index (χ3n) is 7.67. The first kappa shape index (κ1) is 24.9. The van der Waals surface area contributed by atoms with Crippen molar-refractivity contribution in [1.29, 1.82) is 0 Å². The zero-order valence-electron chi connectivity index (χ0n) is 21.0. The number of fused-ring (bicyclic) bond motifs is 5. The Morgan fingerprint density at radius 3 is 2.20 bits per heavy atom. The number of rotatable bonds is 5. The largest absolute Gasteiger partial charge is 0.351 e. The quantitative estimate of drug-likeness (QED) is 0.291. The van der Waals surface area contributed by atoms with Crippen LogP contribution in [0.5, 0.6) is 0 Å². The van der Waals surface area contributed by atoms with Gasteiger partial charge in [0.1, 0.15) is 6.04 Å². The molecule has 12 heteroatoms. The number of benzene rings is 3. The number of hydrogen-bond donors (Lipinski definition) is 1. The van der Waals surface area contributed by atoms with Crippen LogP contribution in [0.3, 0.4) is 0 Å². The van der Waals surface area contributed by atoms with E-state index in [4.69, 9.17) is 0 Å². The van der Waals surface area contributed by atoms with Crippen LogP contribution >= 0.6 is 0 Å². The average Bonchev–Trinajstić information content (AvgIpc) is 3.42. The molecular formula is C28H21N5O7. The summed E-state index contributed by atoms with van der Waals surface area (Å²) in [5, 5.41) is 25.2. The Hall–Kier alpha value is -5.39. The summed E-state index contributed by atoms with van der Waals surface area (Å²) in [7, 11) is 0. The fourth-order valence-corrected chi connectivity index (χ4v) is 5.89. The van der Waals surface area contributed by atoms with E-state index in [1.807, 2.05) is 24.3 Å². The topological polar surface area (TPSA) is 156 Å². The molecule has 2 fully saturated rings. The molecule has 3 aliphatic rings. The SMILES string of the molecule is Cc1ccc([N+](=O)[O-])cc1N1C(=O)[C@@H]2[C@H](C1=O)[C@@H](C(=O)Nc1ccc([N+](=O)[O-])cc1)N1c3ccccc3C=C[C@@H]21. The highest BCUT2D eigenvalue weighted by molar-refractivity contribution is 6.25. The first-order chi connectivity index (χ1) is 19.2. The highest BCUT2D eigenvalue weighted by Gasteiger charge is 2.64. The van der Waals surface area contributed by atoms with Gasteiger partial charge in [0.25, 0.3) is 11.4 Å². The standard InChI is InChI=1S/C28H21N5O7/c1-15-6-10-19(33(39)40)14-22(15)31-27(35)23-21-13-7-16-4-2-3-5-20(16)30(21)25(24(23)28(31)36)26(34)29-17-8-11-18(12-9-17)32(37)38/h2-14,21,23-25H,1H3,(H,29,34)/t21-,23-,24-,25-/m0/s1. The van der Waals surface area contributed by atoms with E-state index in [0.29, 0.717) is 16.9 Å². The normalized spacial score (nSPS) is 22.5. The van der Waals surface area contributed by atoms with E-state index in [9.17, 15) is 34.6 Å². The summed E-state index contributed by atoms with van der Waals surface area (Å²) in [6.07, 6.45) is 3.65. The minimum absolute atomic E-state index is 0.111. The molecule has 2 saturated heterocycles. The van der Waals surface area contributed by atoms with E-state index in [0.717, 1.165) is 10.5 Å². The lowest BCUT2D eigenvalue weighted by molar-refractivity contribution is -0.385. The van der Waals surface area contributed by atoms with Crippen molar-refractivity contribution in [2.45, 2.75) is 19.0 Å². The molecule has 4 atom stereocenters. The van der Waals surface area contributed by atoms with Crippen LogP contribution in [0.15, 0.2) is 72.8 Å². The fraction of sp³-hybridized carbons (Fsp3) is 0.179. The maximum absolute atomic E-state index is 14.0. The number of amides is 3. The Morgan fingerprint density at radius 1 is 0.850 bits per heavy atom. The number of anilines is 3. The first-order valence-electron chi connectivity index (χ1n) is 12.4. The number of carbonyl (C=O) groups excluding carboxylic acids is 3. The number of nitrogens with one attached hydrogen (secondary N) is 1. The van der Waals surface area contributed by atoms with Gasteiger partial charge in [0.15, 0.2) is 0 Å². The third kappa shape index (κ3) is 3.72. The van der Waals surface area contributed by atoms with Gasteiger partial charge in [-0.15, -0.1) is 0 Å². The van der Waals surface area contributed by atoms with Gasteiger partial charge in [0.05, 0.1) is 33.4 Å². The summed E-state index contributed by atoms with van der Waals surface area (Å²) in [5.74, 6) is -3.71. The summed E-state index contributed by atoms with van der Waals surface area (Å²) >= 11 is 0. The van der Waals surface area contributed by atoms with Crippen LogP contribution in [0.4, 0.5) is 28.4 Å². The van der Waals surface area contributed by atoms with Gasteiger partial charge in [-0.3, -0.25) is 34.6 Å². The number of carbonyl (C=O) groups is 3. The number of hydrogen-bond acceptors (Lipinski definition) is 8. The minimum atomic E-state index is -1.10. The van der Waals surface area contributed by atoms with Crippen molar-refractivity contribution < 1.29 is 24.2 Å². The molecule has 6 rings (SSSR count). The van der Waals surface area contributed by atoms with Crippen molar-refractivity contribution in [1.82, 2.24) is 0 Å². The number of nitro groups is 2. The Morgan fingerprint density at radius 2 is 1.50 bits per heavy atom. The Bertz CT molecular complexity index is 1650. The molecule has 0 unspecified atom stereocenters. The van der Waals surface area contributed by atoms with Crippen LogP contribution < -0.4 is 15.1 Å². The molecule has 3 aromatic rings. The van der Waals surface area contributed by atoms with E-state index in [2.05, 4.69) is 5.32 Å². The predicted octanol–water partition coefficient (Wildman–Crippen LogP) is 3.84. The van der Waals surface area contributed by atoms with Gasteiger partial charge >= 0.3 is 0 Å². The van der Waals surface area contributed by atoms with Gasteiger partial charge in [-0.2, -0.15) is 0 Å². The molecule has 1 N–H and O–H groups in total. The molecule has 0 aliphatic carbocycles. The first-order valence-corrected chi connectivity index (χ1v) is 12.4. The Labute approximate surface area is 226 Å². The van der Waals surface area contributed by atoms with Gasteiger partial charge < -0.3 is 10.2 Å². The maximum Gasteiger partial charge on any atom is 0.271 e. The molecule has 3 heterocycles. The lowest BCUT2D eigenvalue weighted by Gasteiger charge is -2.36. The molecule has 0 saturated carbocycles. The second-order valence-electron chi connectivity index (χ2n) is 9.85. The molecule has 3 aromatic carbocycles. The van der Waals surface area contributed by atoms with E-state index in [-0.39, 0.29) is 17.1 Å². The molecule has 0 bridgehead atoms. The average molecular weight is 540 g/mol. The molecular weight excluding hydrogens is 518 g/mol. The molecule has 3 amide bonds. The van der Waals surface area contributed by atoms with Crippen LogP contribution in [-0.2, 0) is 14.4 Å². The van der Waals surface area contributed by atoms with Crippen LogP contribution in [0.2, 0.25) is 0 Å². The summed E-state index contributed by atoms with van der Waals surface area (Å²) < 4.78 is 0. The van der Waals surface area contributed by atoms with Crippen molar-refractivity contribution in [3.63, 3.8) is 0 Å². The van der Waals surface area contributed by atoms with Crippen molar-refractivity contribution in [3.05, 3.63) is 104 Å². The second-order valence-corrected chi connectivity index (χ2v) is 9.85. The Kier molecular flexibility index (Phi) is 5.68. The number of nitrogens with zero attached hydrogens (tertiary/aromatic N) is 4. The number of imide groups is 1. The van der Waals surface area contributed by atoms with Gasteiger partial charge in [0, 0.05) is 35.6 Å². The van der Waals surface area contributed by atoms with Gasteiger partial charge in [-0.25, -0.2) is 4.90 Å². The zero-order valence-corrected chi connectivity index (χ0v) is 21.0. The van der Waals surface area contributed by atoms with Crippen LogP contribution in [0, 0.1) is 39.0 Å². The smallest absolute Gasteiger partial charge is 0.271 e. The number of aryl methyl sites for hydroxylation is 1. The zero-order chi connectivity index (χ0) is 28.3. The van der Waals surface area contributed by atoms with Crippen molar-refractivity contribution in [2.24, 2.45) is 11.8 Å². The van der Waals surface area contributed by atoms with Crippen LogP contribution in [0.1, 0.15) is 11.1 Å². The van der Waals surface area contributed by atoms with Crippen LogP contribution in [-0.4, -0.2) is 39.7 Å². The van der Waals surface area contributed by atoms with Gasteiger partial charge in [-0.05, 0) is 36.2 Å². The molecule has 0 radical (unpaired) electrons. The summed E-state index contributed by atoms with van der Waals surface area (Å²) in [6, 6.07) is 14.9. The lowest BCUT2D eigenvalue weighted by atomic mass is 9.88. The molecule has 0 aromatic heterocycles. The van der Waals surface area contributed by atoms with Crippen LogP contribution in [0.25, 0.3) is 6.08 Å². The Balaban J connectivity index is 1.43. The highest BCUT2D eigenvalue weighted by atomic mass is 16.6. The number of non-ortho nitro benzene ring substituents is 2. The van der Waals surface area contributed by atoms with Gasteiger partial charge in [0.2, 0.25) is 17.7 Å². The van der Waals surface area contributed by atoms with E-state index < -0.39 is 51.5 Å². The van der Waals surface area contributed by atoms with E-state index in [1.54, 1.807) is 24.0 Å². The van der Waals surface area contributed by atoms with E-state index >= 15 is 0 Å². The van der Waals surface area contributed by atoms with Crippen molar-refractivity contribution in [3.8, 4) is 0 Å². The van der Waals surface area contributed by atoms with E-state index in [1.165, 1.54) is 42.5 Å². The molecule has 12 nitrogen and oxygen atoms in total. The molecule has 3 aliphatic heterocycles. The number of para-hydroxylation sites is 1. The molecule has 40 heavy (non-hydrogen) atoms. The second kappa shape index (κ2) is 9.12. The molecule has 0 spiro atoms. The number of nitro benzene ring substituents is 2. The maximum atomic E-state index is 14.0. The fourth-order valence-electron chi connectivity index (χ4n) is 5.89. The van der Waals surface area contributed by atoms with Gasteiger partial charge in [-0.1, -0.05) is 36.4 Å². The minimum Gasteiger partial charge on any atom is -0.351 e. The third-order valence-corrected chi connectivity index (χ3v) is 7.67. The summed E-state index contributed by atoms with van der Waals surface area (Å²) in [5.41, 5.74) is 2.00. The lowest BCUT2D eigenvalue weighted by Crippen LogP contribution is -2.50. The monoisotopic (exact) mass is 539 g/mol. The summed E-state index contributed by atoms with van der Waals surface area (Å²) in [4.78, 5) is 65.8. The summed E-state index contributed by atoms with van der Waals surface area (Å²) in [6.45, 7) is 1.65. The molecule has 200 valence electrons. The predicted molar refractivity (Wildman–Crippen MR) is 145 cm³/mol. The van der Waals surface area contributed by atoms with Crippen molar-refractivity contribution >= 4 is 52.2 Å². The highest BCUT2D eigenvalue weighted by Crippen LogP contribution is 2.49.